The van der Waals surface area contributed by atoms with Crippen LogP contribution in [0, 0.1) is 12.8 Å². The Morgan fingerprint density at radius 2 is 1.87 bits per heavy atom. The Bertz CT molecular complexity index is 864. The first-order chi connectivity index (χ1) is 14.9. The molecule has 1 saturated carbocycles. The molecule has 1 aliphatic heterocycles. The summed E-state index contributed by atoms with van der Waals surface area (Å²) in [4.78, 5) is 19.4. The van der Waals surface area contributed by atoms with Crippen LogP contribution in [0.5, 0.6) is 0 Å². The maximum Gasteiger partial charge on any atom is 0.240 e. The van der Waals surface area contributed by atoms with Crippen LogP contribution in [0.1, 0.15) is 44.6 Å². The van der Waals surface area contributed by atoms with Gasteiger partial charge in [0.1, 0.15) is 0 Å². The SMILES string of the molecule is CCNC(=NCCNS(=O)(=O)c1ccc(C)cc1)NC1CCN(C(=O)C2CCCC2)C1. The van der Waals surface area contributed by atoms with E-state index < -0.39 is 10.0 Å². The van der Waals surface area contributed by atoms with Crippen LogP contribution in [0.15, 0.2) is 34.2 Å². The quantitative estimate of drug-likeness (QED) is 0.318. The minimum Gasteiger partial charge on any atom is -0.357 e. The lowest BCUT2D eigenvalue weighted by Gasteiger charge is -2.21. The fourth-order valence-corrected chi connectivity index (χ4v) is 5.19. The van der Waals surface area contributed by atoms with Gasteiger partial charge in [-0.3, -0.25) is 9.79 Å². The lowest BCUT2D eigenvalue weighted by molar-refractivity contribution is -0.134. The van der Waals surface area contributed by atoms with Crippen LogP contribution >= 0.6 is 0 Å². The van der Waals surface area contributed by atoms with Crippen LogP contribution in [0.4, 0.5) is 0 Å². The molecular formula is C22H35N5O3S. The second kappa shape index (κ2) is 10.9. The number of hydrogen-bond donors (Lipinski definition) is 3. The van der Waals surface area contributed by atoms with Gasteiger partial charge >= 0.3 is 0 Å². The van der Waals surface area contributed by atoms with Crippen molar-refractivity contribution in [3.63, 3.8) is 0 Å². The molecule has 1 atom stereocenters. The molecule has 3 rings (SSSR count). The molecule has 0 spiro atoms. The number of aliphatic imine (C=N–C) groups is 1. The molecule has 2 aliphatic rings. The molecule has 31 heavy (non-hydrogen) atoms. The molecule has 8 nitrogen and oxygen atoms in total. The van der Waals surface area contributed by atoms with E-state index in [4.69, 9.17) is 0 Å². The van der Waals surface area contributed by atoms with E-state index in [2.05, 4.69) is 20.3 Å². The molecule has 2 fully saturated rings. The van der Waals surface area contributed by atoms with E-state index in [-0.39, 0.29) is 23.4 Å². The first-order valence-corrected chi connectivity index (χ1v) is 12.8. The first kappa shape index (κ1) is 23.5. The maximum absolute atomic E-state index is 12.6. The molecule has 3 N–H and O–H groups in total. The summed E-state index contributed by atoms with van der Waals surface area (Å²) in [6.07, 6.45) is 5.27. The van der Waals surface area contributed by atoms with E-state index >= 15 is 0 Å². The van der Waals surface area contributed by atoms with Crippen molar-refractivity contribution in [3.8, 4) is 0 Å². The molecule has 1 unspecified atom stereocenters. The smallest absolute Gasteiger partial charge is 0.240 e. The van der Waals surface area contributed by atoms with E-state index in [1.807, 2.05) is 18.7 Å². The highest BCUT2D eigenvalue weighted by Gasteiger charge is 2.32. The zero-order chi connectivity index (χ0) is 22.3. The van der Waals surface area contributed by atoms with Gasteiger partial charge in [-0.2, -0.15) is 0 Å². The van der Waals surface area contributed by atoms with Gasteiger partial charge in [0, 0.05) is 38.1 Å². The molecule has 1 amide bonds. The number of hydrogen-bond acceptors (Lipinski definition) is 4. The van der Waals surface area contributed by atoms with E-state index in [9.17, 15) is 13.2 Å². The number of amides is 1. The first-order valence-electron chi connectivity index (χ1n) is 11.3. The Labute approximate surface area is 185 Å². The average molecular weight is 450 g/mol. The summed E-state index contributed by atoms with van der Waals surface area (Å²) in [7, 11) is -3.54. The number of guanidine groups is 1. The van der Waals surface area contributed by atoms with Gasteiger partial charge in [-0.1, -0.05) is 30.5 Å². The number of sulfonamides is 1. The number of rotatable bonds is 8. The molecule has 1 aromatic rings. The summed E-state index contributed by atoms with van der Waals surface area (Å²) in [5.74, 6) is 1.16. The van der Waals surface area contributed by atoms with E-state index in [1.54, 1.807) is 24.3 Å². The highest BCUT2D eigenvalue weighted by atomic mass is 32.2. The molecule has 172 valence electrons. The van der Waals surface area contributed by atoms with Crippen molar-refractivity contribution >= 4 is 21.9 Å². The number of nitrogens with zero attached hydrogens (tertiary/aromatic N) is 2. The van der Waals surface area contributed by atoms with Crippen molar-refractivity contribution in [3.05, 3.63) is 29.8 Å². The number of nitrogens with one attached hydrogen (secondary N) is 3. The topological polar surface area (TPSA) is 103 Å². The van der Waals surface area contributed by atoms with Gasteiger partial charge in [-0.05, 0) is 45.2 Å². The van der Waals surface area contributed by atoms with Crippen LogP contribution in [0.3, 0.4) is 0 Å². The number of benzene rings is 1. The van der Waals surface area contributed by atoms with E-state index in [0.717, 1.165) is 44.2 Å². The lowest BCUT2D eigenvalue weighted by Crippen LogP contribution is -2.45. The summed E-state index contributed by atoms with van der Waals surface area (Å²) < 4.78 is 27.3. The van der Waals surface area contributed by atoms with Crippen molar-refractivity contribution in [1.29, 1.82) is 0 Å². The third-order valence-corrected chi connectivity index (χ3v) is 7.37. The number of aryl methyl sites for hydroxylation is 1. The molecule has 9 heteroatoms. The molecule has 1 heterocycles. The lowest BCUT2D eigenvalue weighted by atomic mass is 10.1. The van der Waals surface area contributed by atoms with Gasteiger partial charge < -0.3 is 15.5 Å². The fourth-order valence-electron chi connectivity index (χ4n) is 4.17. The van der Waals surface area contributed by atoms with Gasteiger partial charge in [0.05, 0.1) is 11.4 Å². The van der Waals surface area contributed by atoms with Crippen molar-refractivity contribution in [2.24, 2.45) is 10.9 Å². The van der Waals surface area contributed by atoms with Gasteiger partial charge in [0.15, 0.2) is 5.96 Å². The normalized spacial score (nSPS) is 20.3. The minimum absolute atomic E-state index is 0.160. The summed E-state index contributed by atoms with van der Waals surface area (Å²) in [6, 6.07) is 6.92. The van der Waals surface area contributed by atoms with Gasteiger partial charge in [0.25, 0.3) is 0 Å². The average Bonchev–Trinajstić information content (AvgIpc) is 3.43. The maximum atomic E-state index is 12.6. The Morgan fingerprint density at radius 1 is 1.16 bits per heavy atom. The molecule has 1 aromatic carbocycles. The van der Waals surface area contributed by atoms with E-state index in [0.29, 0.717) is 31.5 Å². The van der Waals surface area contributed by atoms with Crippen molar-refractivity contribution < 1.29 is 13.2 Å². The second-order valence-corrected chi connectivity index (χ2v) is 10.1. The van der Waals surface area contributed by atoms with Gasteiger partial charge in [0.2, 0.25) is 15.9 Å². The minimum atomic E-state index is -3.54. The molecule has 1 aliphatic carbocycles. The van der Waals surface area contributed by atoms with Crippen LogP contribution in [0.2, 0.25) is 0 Å². The van der Waals surface area contributed by atoms with Crippen molar-refractivity contribution in [2.75, 3.05) is 32.7 Å². The van der Waals surface area contributed by atoms with Crippen LogP contribution in [-0.2, 0) is 14.8 Å². The summed E-state index contributed by atoms with van der Waals surface area (Å²) in [5, 5.41) is 6.60. The summed E-state index contributed by atoms with van der Waals surface area (Å²) in [5.41, 5.74) is 1.01. The van der Waals surface area contributed by atoms with Crippen LogP contribution in [0.25, 0.3) is 0 Å². The van der Waals surface area contributed by atoms with Crippen LogP contribution < -0.4 is 15.4 Å². The predicted octanol–water partition coefficient (Wildman–Crippen LogP) is 1.62. The zero-order valence-corrected chi connectivity index (χ0v) is 19.4. The third kappa shape index (κ3) is 6.67. The molecule has 0 bridgehead atoms. The van der Waals surface area contributed by atoms with Gasteiger partial charge in [-0.15, -0.1) is 0 Å². The largest absolute Gasteiger partial charge is 0.357 e. The Hall–Kier alpha value is -2.13. The molecule has 0 radical (unpaired) electrons. The zero-order valence-electron chi connectivity index (χ0n) is 18.6. The summed E-state index contributed by atoms with van der Waals surface area (Å²) in [6.45, 7) is 6.62. The number of carbonyl (C=O) groups is 1. The Balaban J connectivity index is 1.47. The molecule has 0 aromatic heterocycles. The predicted molar refractivity (Wildman–Crippen MR) is 122 cm³/mol. The van der Waals surface area contributed by atoms with E-state index in [1.165, 1.54) is 0 Å². The standard InChI is InChI=1S/C22H35N5O3S/c1-3-23-22(24-13-14-25-31(29,30)20-10-8-17(2)9-11-20)26-19-12-15-27(16-19)21(28)18-6-4-5-7-18/h8-11,18-19,25H,3-7,12-16H2,1-2H3,(H2,23,24,26). The highest BCUT2D eigenvalue weighted by molar-refractivity contribution is 7.89. The Kier molecular flexibility index (Phi) is 8.31. The van der Waals surface area contributed by atoms with Crippen molar-refractivity contribution in [1.82, 2.24) is 20.3 Å². The number of likely N-dealkylation sites (tertiary alicyclic amines) is 1. The van der Waals surface area contributed by atoms with Gasteiger partial charge in [-0.25, -0.2) is 13.1 Å². The second-order valence-electron chi connectivity index (χ2n) is 8.37. The molecular weight excluding hydrogens is 414 g/mol. The third-order valence-electron chi connectivity index (χ3n) is 5.89. The monoisotopic (exact) mass is 449 g/mol. The van der Waals surface area contributed by atoms with Crippen LogP contribution in [-0.4, -0.2) is 64.0 Å². The Morgan fingerprint density at radius 3 is 2.55 bits per heavy atom. The summed E-state index contributed by atoms with van der Waals surface area (Å²) >= 11 is 0. The van der Waals surface area contributed by atoms with Crippen molar-refractivity contribution in [2.45, 2.75) is 56.9 Å². The highest BCUT2D eigenvalue weighted by Crippen LogP contribution is 2.27. The fraction of sp³-hybridized carbons (Fsp3) is 0.636. The number of carbonyl (C=O) groups excluding carboxylic acids is 1. The molecule has 1 saturated heterocycles.